The number of nitrogens with zero attached hydrogens (tertiary/aromatic N) is 1. The van der Waals surface area contributed by atoms with E-state index in [2.05, 4.69) is 6.92 Å². The number of benzene rings is 1. The Balaban J connectivity index is 2.20. The standard InChI is InChI=1S/C17H25NO4S/c1-3-4-5-9-14-11-18(12-15(14)17(19)20)23(21,22)16-10-7-6-8-13(16)2/h6-8,10,14-15H,3-5,9,11-12H2,1-2H3,(H,19,20). The minimum atomic E-state index is -3.63. The quantitative estimate of drug-likeness (QED) is 0.775. The van der Waals surface area contributed by atoms with Crippen molar-refractivity contribution in [3.63, 3.8) is 0 Å². The zero-order chi connectivity index (χ0) is 17.0. The van der Waals surface area contributed by atoms with Crippen LogP contribution in [0.15, 0.2) is 29.2 Å². The molecule has 1 heterocycles. The number of unbranched alkanes of at least 4 members (excludes halogenated alkanes) is 2. The first-order valence-corrected chi connectivity index (χ1v) is 9.60. The van der Waals surface area contributed by atoms with Crippen molar-refractivity contribution in [3.8, 4) is 0 Å². The largest absolute Gasteiger partial charge is 0.481 e. The molecule has 5 nitrogen and oxygen atoms in total. The molecule has 1 aliphatic rings. The molecule has 6 heteroatoms. The van der Waals surface area contributed by atoms with Crippen LogP contribution in [0.4, 0.5) is 0 Å². The van der Waals surface area contributed by atoms with Gasteiger partial charge in [0, 0.05) is 13.1 Å². The number of sulfonamides is 1. The number of carboxylic acid groups (broad SMARTS) is 1. The molecule has 0 aromatic heterocycles. The summed E-state index contributed by atoms with van der Waals surface area (Å²) in [6, 6.07) is 6.84. The Bertz CT molecular complexity index is 656. The van der Waals surface area contributed by atoms with E-state index in [9.17, 15) is 18.3 Å². The van der Waals surface area contributed by atoms with Gasteiger partial charge in [0.15, 0.2) is 0 Å². The third-order valence-electron chi connectivity index (χ3n) is 4.61. The van der Waals surface area contributed by atoms with Crippen molar-refractivity contribution in [2.75, 3.05) is 13.1 Å². The minimum Gasteiger partial charge on any atom is -0.481 e. The summed E-state index contributed by atoms with van der Waals surface area (Å²) in [6.45, 7) is 4.23. The zero-order valence-electron chi connectivity index (χ0n) is 13.7. The topological polar surface area (TPSA) is 74.7 Å². The van der Waals surface area contributed by atoms with Crippen LogP contribution < -0.4 is 0 Å². The zero-order valence-corrected chi connectivity index (χ0v) is 14.6. The van der Waals surface area contributed by atoms with E-state index in [1.165, 1.54) is 4.31 Å². The fraction of sp³-hybridized carbons (Fsp3) is 0.588. The van der Waals surface area contributed by atoms with Crippen molar-refractivity contribution in [1.29, 1.82) is 0 Å². The van der Waals surface area contributed by atoms with Crippen molar-refractivity contribution >= 4 is 16.0 Å². The van der Waals surface area contributed by atoms with Crippen molar-refractivity contribution in [2.24, 2.45) is 11.8 Å². The molecule has 23 heavy (non-hydrogen) atoms. The second kappa shape index (κ2) is 7.45. The number of carboxylic acids is 1. The predicted molar refractivity (Wildman–Crippen MR) is 88.7 cm³/mol. The van der Waals surface area contributed by atoms with Gasteiger partial charge in [-0.15, -0.1) is 0 Å². The van der Waals surface area contributed by atoms with E-state index in [1.54, 1.807) is 31.2 Å². The molecule has 1 aromatic carbocycles. The van der Waals surface area contributed by atoms with Gasteiger partial charge in [-0.25, -0.2) is 8.42 Å². The summed E-state index contributed by atoms with van der Waals surface area (Å²) in [5.74, 6) is -1.60. The molecule has 0 radical (unpaired) electrons. The molecule has 0 saturated carbocycles. The van der Waals surface area contributed by atoms with Crippen LogP contribution in [0.2, 0.25) is 0 Å². The highest BCUT2D eigenvalue weighted by atomic mass is 32.2. The molecule has 0 spiro atoms. The van der Waals surface area contributed by atoms with Crippen LogP contribution in [0.3, 0.4) is 0 Å². The highest BCUT2D eigenvalue weighted by Crippen LogP contribution is 2.33. The Kier molecular flexibility index (Phi) is 5.81. The Morgan fingerprint density at radius 2 is 1.96 bits per heavy atom. The Hall–Kier alpha value is -1.40. The lowest BCUT2D eigenvalue weighted by Gasteiger charge is -2.17. The van der Waals surface area contributed by atoms with Gasteiger partial charge in [0.25, 0.3) is 0 Å². The van der Waals surface area contributed by atoms with Crippen molar-refractivity contribution in [3.05, 3.63) is 29.8 Å². The molecule has 2 unspecified atom stereocenters. The molecule has 1 fully saturated rings. The Morgan fingerprint density at radius 1 is 1.26 bits per heavy atom. The summed E-state index contributed by atoms with van der Waals surface area (Å²) in [4.78, 5) is 11.8. The predicted octanol–water partition coefficient (Wildman–Crippen LogP) is 2.90. The lowest BCUT2D eigenvalue weighted by molar-refractivity contribution is -0.142. The van der Waals surface area contributed by atoms with Gasteiger partial charge in [-0.05, 0) is 30.9 Å². The molecular weight excluding hydrogens is 314 g/mol. The van der Waals surface area contributed by atoms with Gasteiger partial charge < -0.3 is 5.11 Å². The second-order valence-corrected chi connectivity index (χ2v) is 8.19. The first-order valence-electron chi connectivity index (χ1n) is 8.16. The van der Waals surface area contributed by atoms with Gasteiger partial charge >= 0.3 is 5.97 Å². The third kappa shape index (κ3) is 3.93. The average molecular weight is 339 g/mol. The molecule has 1 saturated heterocycles. The van der Waals surface area contributed by atoms with E-state index < -0.39 is 21.9 Å². The van der Waals surface area contributed by atoms with Crippen molar-refractivity contribution in [1.82, 2.24) is 4.31 Å². The van der Waals surface area contributed by atoms with E-state index in [-0.39, 0.29) is 17.4 Å². The first kappa shape index (κ1) is 17.9. The monoisotopic (exact) mass is 339 g/mol. The highest BCUT2D eigenvalue weighted by molar-refractivity contribution is 7.89. The van der Waals surface area contributed by atoms with Crippen LogP contribution in [0.5, 0.6) is 0 Å². The van der Waals surface area contributed by atoms with Crippen LogP contribution in [0.25, 0.3) is 0 Å². The lowest BCUT2D eigenvalue weighted by atomic mass is 9.91. The van der Waals surface area contributed by atoms with Gasteiger partial charge in [-0.3, -0.25) is 4.79 Å². The fourth-order valence-electron chi connectivity index (χ4n) is 3.24. The van der Waals surface area contributed by atoms with Gasteiger partial charge in [-0.2, -0.15) is 4.31 Å². The van der Waals surface area contributed by atoms with Crippen LogP contribution in [-0.4, -0.2) is 36.9 Å². The van der Waals surface area contributed by atoms with E-state index in [0.29, 0.717) is 12.1 Å². The number of aliphatic carboxylic acids is 1. The Morgan fingerprint density at radius 3 is 2.57 bits per heavy atom. The number of rotatable bonds is 7. The maximum atomic E-state index is 12.8. The van der Waals surface area contributed by atoms with Crippen molar-refractivity contribution < 1.29 is 18.3 Å². The fourth-order valence-corrected chi connectivity index (χ4v) is 4.99. The van der Waals surface area contributed by atoms with Gasteiger partial charge in [-0.1, -0.05) is 44.4 Å². The summed E-state index contributed by atoms with van der Waals surface area (Å²) in [5.41, 5.74) is 0.689. The summed E-state index contributed by atoms with van der Waals surface area (Å²) in [7, 11) is -3.63. The second-order valence-electron chi connectivity index (χ2n) is 6.29. The molecule has 2 atom stereocenters. The molecule has 2 rings (SSSR count). The summed E-state index contributed by atoms with van der Waals surface area (Å²) < 4.78 is 27.0. The number of hydrogen-bond acceptors (Lipinski definition) is 3. The van der Waals surface area contributed by atoms with E-state index in [4.69, 9.17) is 0 Å². The molecule has 128 valence electrons. The van der Waals surface area contributed by atoms with Gasteiger partial charge in [0.2, 0.25) is 10.0 Å². The molecule has 1 N–H and O–H groups in total. The molecule has 1 aromatic rings. The Labute approximate surface area is 138 Å². The SMILES string of the molecule is CCCCCC1CN(S(=O)(=O)c2ccccc2C)CC1C(=O)O. The number of aryl methyl sites for hydroxylation is 1. The molecule has 0 amide bonds. The summed E-state index contributed by atoms with van der Waals surface area (Å²) >= 11 is 0. The van der Waals surface area contributed by atoms with Crippen LogP contribution in [0, 0.1) is 18.8 Å². The molecule has 0 aliphatic carbocycles. The summed E-state index contributed by atoms with van der Waals surface area (Å²) in [5, 5.41) is 9.43. The minimum absolute atomic E-state index is 0.0722. The van der Waals surface area contributed by atoms with E-state index in [1.807, 2.05) is 0 Å². The molecular formula is C17H25NO4S. The highest BCUT2D eigenvalue weighted by Gasteiger charge is 2.42. The normalized spacial score (nSPS) is 22.3. The van der Waals surface area contributed by atoms with E-state index >= 15 is 0 Å². The lowest BCUT2D eigenvalue weighted by Crippen LogP contribution is -2.30. The van der Waals surface area contributed by atoms with Crippen molar-refractivity contribution in [2.45, 2.75) is 44.4 Å². The first-order chi connectivity index (χ1) is 10.9. The van der Waals surface area contributed by atoms with E-state index in [0.717, 1.165) is 25.7 Å². The third-order valence-corrected chi connectivity index (χ3v) is 6.61. The number of carbonyl (C=O) groups is 1. The number of hydrogen-bond donors (Lipinski definition) is 1. The average Bonchev–Trinajstić information content (AvgIpc) is 2.93. The maximum Gasteiger partial charge on any atom is 0.308 e. The summed E-state index contributed by atoms with van der Waals surface area (Å²) in [6.07, 6.45) is 3.83. The van der Waals surface area contributed by atoms with Crippen LogP contribution in [0.1, 0.15) is 38.2 Å². The smallest absolute Gasteiger partial charge is 0.308 e. The van der Waals surface area contributed by atoms with Gasteiger partial charge in [0.05, 0.1) is 10.8 Å². The van der Waals surface area contributed by atoms with Crippen LogP contribution >= 0.6 is 0 Å². The van der Waals surface area contributed by atoms with Gasteiger partial charge in [0.1, 0.15) is 0 Å². The van der Waals surface area contributed by atoms with Crippen LogP contribution in [-0.2, 0) is 14.8 Å². The molecule has 1 aliphatic heterocycles. The maximum absolute atomic E-state index is 12.8. The molecule has 0 bridgehead atoms.